The van der Waals surface area contributed by atoms with Crippen LogP contribution in [0.1, 0.15) is 0 Å². The molecule has 0 radical (unpaired) electrons. The molecule has 0 bridgehead atoms. The summed E-state index contributed by atoms with van der Waals surface area (Å²) in [6.45, 7) is 0. The van der Waals surface area contributed by atoms with Gasteiger partial charge in [0, 0.05) is 0 Å². The molecule has 10 nitrogen and oxygen atoms in total. The first-order valence-corrected chi connectivity index (χ1v) is 4.98. The second-order valence-corrected chi connectivity index (χ2v) is 3.43. The minimum Gasteiger partial charge on any atom is -0.224 e. The average molecular weight is 262 g/mol. The molecule has 2 aliphatic rings. The summed E-state index contributed by atoms with van der Waals surface area (Å²) in [7, 11) is 0. The molecule has 0 aliphatic carbocycles. The molecule has 10 heteroatoms. The van der Waals surface area contributed by atoms with Crippen LogP contribution in [0, 0.1) is 45.3 Å². The van der Waals surface area contributed by atoms with E-state index in [4.69, 9.17) is 21.0 Å². The van der Waals surface area contributed by atoms with Crippen molar-refractivity contribution in [1.82, 2.24) is 0 Å². The van der Waals surface area contributed by atoms with Crippen LogP contribution in [-0.4, -0.2) is 35.4 Å². The highest BCUT2D eigenvalue weighted by Gasteiger charge is 2.37. The summed E-state index contributed by atoms with van der Waals surface area (Å²) < 4.78 is 0. The molecule has 2 aliphatic heterocycles. The third-order valence-corrected chi connectivity index (χ3v) is 2.14. The quantitative estimate of drug-likeness (QED) is 0.632. The highest BCUT2D eigenvalue weighted by molar-refractivity contribution is 6.39. The lowest BCUT2D eigenvalue weighted by Gasteiger charge is -2.09. The Morgan fingerprint density at radius 3 is 1.45 bits per heavy atom. The maximum Gasteiger partial charge on any atom is 0.354 e. The zero-order valence-corrected chi connectivity index (χ0v) is 9.63. The Balaban J connectivity index is 2.37. The highest BCUT2D eigenvalue weighted by Crippen LogP contribution is 2.24. The summed E-state index contributed by atoms with van der Waals surface area (Å²) in [5.74, 6) is -3.90. The summed E-state index contributed by atoms with van der Waals surface area (Å²) in [5, 5.41) is 42.4. The molecule has 92 valence electrons. The van der Waals surface area contributed by atoms with E-state index in [9.17, 15) is 0 Å². The number of rotatable bonds is 2. The predicted octanol–water partition coefficient (Wildman–Crippen LogP) is -0.109. The van der Waals surface area contributed by atoms with Gasteiger partial charge in [-0.1, -0.05) is 0 Å². The molecule has 2 heterocycles. The van der Waals surface area contributed by atoms with Gasteiger partial charge in [0.2, 0.25) is 0 Å². The van der Waals surface area contributed by atoms with Gasteiger partial charge in [-0.25, -0.2) is 20.0 Å². The van der Waals surface area contributed by atoms with E-state index in [1.54, 1.807) is 24.3 Å². The highest BCUT2D eigenvalue weighted by atomic mass is 15.4. The fraction of sp³-hybridized carbons (Fsp3) is 0.200. The Bertz CT molecular complexity index is 705. The van der Waals surface area contributed by atoms with E-state index in [0.29, 0.717) is 0 Å². The molecule has 2 unspecified atom stereocenters. The first-order valence-electron chi connectivity index (χ1n) is 4.98. The molecule has 0 aromatic heterocycles. The summed E-state index contributed by atoms with van der Waals surface area (Å²) in [6, 6.07) is 6.73. The van der Waals surface area contributed by atoms with Gasteiger partial charge in [0.15, 0.2) is 11.4 Å². The molecule has 2 rings (SSSR count). The Morgan fingerprint density at radius 1 is 0.800 bits per heavy atom. The van der Waals surface area contributed by atoms with Crippen molar-refractivity contribution in [2.24, 2.45) is 30.2 Å². The molecule has 2 atom stereocenters. The van der Waals surface area contributed by atoms with E-state index >= 15 is 0 Å². The van der Waals surface area contributed by atoms with E-state index < -0.39 is 11.6 Å². The predicted molar refractivity (Wildman–Crippen MR) is 64.6 cm³/mol. The van der Waals surface area contributed by atoms with E-state index in [1.165, 1.54) is 0 Å². The number of hydrogen-bond donors (Lipinski definition) is 0. The summed E-state index contributed by atoms with van der Waals surface area (Å²) >= 11 is 0. The van der Waals surface area contributed by atoms with Crippen LogP contribution in [0.4, 0.5) is 0 Å². The number of aliphatic imine (C=N–C) groups is 4. The van der Waals surface area contributed by atoms with Crippen molar-refractivity contribution in [2.45, 2.75) is 11.6 Å². The molecular formula is C10H2N10. The Kier molecular flexibility index (Phi) is 2.85. The van der Waals surface area contributed by atoms with Gasteiger partial charge in [-0.3, -0.25) is 0 Å². The SMILES string of the molecule is N#CC1=NC(C#N)(N=NC2(C#N)N=CC(C#N)=N2)N=C1. The topological polar surface area (TPSA) is 169 Å². The van der Waals surface area contributed by atoms with Crippen LogP contribution in [0.25, 0.3) is 0 Å². The molecule has 20 heavy (non-hydrogen) atoms. The van der Waals surface area contributed by atoms with Crippen LogP contribution in [0.3, 0.4) is 0 Å². The van der Waals surface area contributed by atoms with E-state index in [2.05, 4.69) is 30.2 Å². The monoisotopic (exact) mass is 262 g/mol. The number of azo groups is 1. The van der Waals surface area contributed by atoms with Crippen LogP contribution >= 0.6 is 0 Å². The fourth-order valence-electron chi connectivity index (χ4n) is 1.25. The smallest absolute Gasteiger partial charge is 0.224 e. The molecule has 0 amide bonds. The van der Waals surface area contributed by atoms with Gasteiger partial charge in [-0.2, -0.15) is 21.0 Å². The van der Waals surface area contributed by atoms with Crippen molar-refractivity contribution < 1.29 is 0 Å². The van der Waals surface area contributed by atoms with Crippen molar-refractivity contribution in [3.8, 4) is 24.3 Å². The van der Waals surface area contributed by atoms with Crippen molar-refractivity contribution in [3.63, 3.8) is 0 Å². The summed E-state index contributed by atoms with van der Waals surface area (Å²) in [5.41, 5.74) is -0.180. The Morgan fingerprint density at radius 2 is 1.20 bits per heavy atom. The van der Waals surface area contributed by atoms with Gasteiger partial charge in [0.1, 0.15) is 24.3 Å². The first kappa shape index (κ1) is 12.7. The molecule has 0 N–H and O–H groups in total. The van der Waals surface area contributed by atoms with Crippen molar-refractivity contribution in [1.29, 1.82) is 21.0 Å². The lowest BCUT2D eigenvalue weighted by atomic mass is 10.4. The van der Waals surface area contributed by atoms with Crippen LogP contribution in [-0.2, 0) is 0 Å². The average Bonchev–Trinajstić information content (AvgIpc) is 3.10. The van der Waals surface area contributed by atoms with Crippen molar-refractivity contribution >= 4 is 23.9 Å². The largest absolute Gasteiger partial charge is 0.354 e. The summed E-state index contributed by atoms with van der Waals surface area (Å²) in [4.78, 5) is 14.6. The summed E-state index contributed by atoms with van der Waals surface area (Å²) in [6.07, 6.45) is 2.15. The van der Waals surface area contributed by atoms with E-state index in [-0.39, 0.29) is 11.4 Å². The fourth-order valence-corrected chi connectivity index (χ4v) is 1.25. The Labute approximate surface area is 112 Å². The second kappa shape index (κ2) is 4.49. The second-order valence-electron chi connectivity index (χ2n) is 3.43. The molecule has 0 spiro atoms. The molecule has 0 fully saturated rings. The molecule has 0 saturated carbocycles. The van der Waals surface area contributed by atoms with E-state index in [1.807, 2.05) is 0 Å². The van der Waals surface area contributed by atoms with Gasteiger partial charge in [0.25, 0.3) is 0 Å². The van der Waals surface area contributed by atoms with Crippen LogP contribution < -0.4 is 0 Å². The Hall–Kier alpha value is -3.76. The van der Waals surface area contributed by atoms with Gasteiger partial charge < -0.3 is 0 Å². The molecule has 0 aromatic carbocycles. The normalized spacial score (nSPS) is 30.2. The standard InChI is InChI=1S/C10H2N10/c11-1-7-3-15-9(5-13,17-7)19-20-10(6-14)16-4-8(2-12)18-10/h3-4H. The number of nitriles is 4. The first-order chi connectivity index (χ1) is 9.61. The number of nitrogens with zero attached hydrogens (tertiary/aromatic N) is 10. The third-order valence-electron chi connectivity index (χ3n) is 2.14. The van der Waals surface area contributed by atoms with Crippen molar-refractivity contribution in [2.75, 3.05) is 0 Å². The maximum absolute atomic E-state index is 9.02. The lowest BCUT2D eigenvalue weighted by Crippen LogP contribution is -2.20. The third kappa shape index (κ3) is 2.01. The zero-order chi connectivity index (χ0) is 14.6. The van der Waals surface area contributed by atoms with Gasteiger partial charge in [0.05, 0.1) is 12.4 Å². The van der Waals surface area contributed by atoms with E-state index in [0.717, 1.165) is 12.4 Å². The molecule has 0 saturated heterocycles. The van der Waals surface area contributed by atoms with Crippen LogP contribution in [0.2, 0.25) is 0 Å². The minimum atomic E-state index is -1.95. The van der Waals surface area contributed by atoms with Gasteiger partial charge in [-0.05, 0) is 0 Å². The minimum absolute atomic E-state index is 0.0901. The number of hydrogen-bond acceptors (Lipinski definition) is 10. The maximum atomic E-state index is 9.02. The molecular weight excluding hydrogens is 260 g/mol. The van der Waals surface area contributed by atoms with Crippen molar-refractivity contribution in [3.05, 3.63) is 0 Å². The van der Waals surface area contributed by atoms with Gasteiger partial charge in [-0.15, -0.1) is 10.2 Å². The van der Waals surface area contributed by atoms with Crippen LogP contribution in [0.5, 0.6) is 0 Å². The lowest BCUT2D eigenvalue weighted by molar-refractivity contribution is 0.502. The zero-order valence-electron chi connectivity index (χ0n) is 9.63. The van der Waals surface area contributed by atoms with Gasteiger partial charge >= 0.3 is 11.6 Å². The molecule has 0 aromatic rings. The van der Waals surface area contributed by atoms with Crippen LogP contribution in [0.15, 0.2) is 30.2 Å².